The summed E-state index contributed by atoms with van der Waals surface area (Å²) in [5.41, 5.74) is 3.89. The Balaban J connectivity index is 1.59. The normalized spacial score (nSPS) is 15.1. The summed E-state index contributed by atoms with van der Waals surface area (Å²) in [6.45, 7) is 10.2. The molecule has 0 bridgehead atoms. The Bertz CT molecular complexity index is 1830. The molecule has 0 saturated carbocycles. The second kappa shape index (κ2) is 11.1. The Hall–Kier alpha value is -4.51. The molecule has 1 aromatic carbocycles. The Labute approximate surface area is 245 Å². The number of rotatable bonds is 7. The van der Waals surface area contributed by atoms with Gasteiger partial charge in [-0.05, 0) is 50.8 Å². The smallest absolute Gasteiger partial charge is 0.246 e. The van der Waals surface area contributed by atoms with Crippen LogP contribution < -0.4 is 4.74 Å². The zero-order chi connectivity index (χ0) is 29.5. The molecule has 42 heavy (non-hydrogen) atoms. The van der Waals surface area contributed by atoms with E-state index < -0.39 is 11.6 Å². The number of likely N-dealkylation sites (tertiary alicyclic amines) is 1. The number of pyridine rings is 1. The quantitative estimate of drug-likeness (QED) is 0.199. The van der Waals surface area contributed by atoms with E-state index in [1.807, 2.05) is 35.3 Å². The van der Waals surface area contributed by atoms with Gasteiger partial charge < -0.3 is 9.64 Å². The van der Waals surface area contributed by atoms with Gasteiger partial charge in [0, 0.05) is 58.2 Å². The first-order chi connectivity index (χ1) is 20.2. The lowest BCUT2D eigenvalue weighted by molar-refractivity contribution is -0.125. The summed E-state index contributed by atoms with van der Waals surface area (Å²) < 4.78 is 38.8. The summed E-state index contributed by atoms with van der Waals surface area (Å²) in [6, 6.07) is 5.87. The van der Waals surface area contributed by atoms with Gasteiger partial charge in [0.05, 0.1) is 47.2 Å². The van der Waals surface area contributed by atoms with Crippen molar-refractivity contribution < 1.29 is 18.3 Å². The minimum Gasteiger partial charge on any atom is -0.490 e. The number of fused-ring (bicyclic) bond motifs is 1. The van der Waals surface area contributed by atoms with E-state index in [-0.39, 0.29) is 29.4 Å². The van der Waals surface area contributed by atoms with Gasteiger partial charge >= 0.3 is 0 Å². The molecule has 1 aliphatic rings. The third kappa shape index (κ3) is 5.04. The highest BCUT2D eigenvalue weighted by atomic mass is 32.1. The lowest BCUT2D eigenvalue weighted by Crippen LogP contribution is -2.27. The number of ether oxygens (including phenoxy) is 1. The molecule has 8 nitrogen and oxygen atoms in total. The van der Waals surface area contributed by atoms with Crippen LogP contribution in [0.2, 0.25) is 0 Å². The van der Waals surface area contributed by atoms with E-state index in [0.29, 0.717) is 35.6 Å². The number of thiophene rings is 1. The van der Waals surface area contributed by atoms with Gasteiger partial charge in [-0.3, -0.25) is 9.48 Å². The van der Waals surface area contributed by atoms with E-state index in [1.165, 1.54) is 23.5 Å². The molecule has 0 unspecified atom stereocenters. The van der Waals surface area contributed by atoms with E-state index >= 15 is 4.39 Å². The third-order valence-corrected chi connectivity index (χ3v) is 8.12. The van der Waals surface area contributed by atoms with Crippen LogP contribution in [0, 0.1) is 18.6 Å². The van der Waals surface area contributed by atoms with Gasteiger partial charge in [0.1, 0.15) is 17.4 Å². The number of amides is 1. The highest BCUT2D eigenvalue weighted by Crippen LogP contribution is 2.47. The first-order valence-electron chi connectivity index (χ1n) is 13.6. The molecule has 0 N–H and O–H groups in total. The second-order valence-corrected chi connectivity index (χ2v) is 11.4. The molecular formula is C31H28F2N6O2S. The maximum absolute atomic E-state index is 15.8. The molecule has 214 valence electrons. The van der Waals surface area contributed by atoms with Crippen molar-refractivity contribution in [1.82, 2.24) is 29.9 Å². The molecule has 1 saturated heterocycles. The molecule has 1 fully saturated rings. The van der Waals surface area contributed by atoms with E-state index in [4.69, 9.17) is 9.72 Å². The molecule has 1 amide bonds. The fourth-order valence-corrected chi connectivity index (χ4v) is 6.32. The van der Waals surface area contributed by atoms with Crippen molar-refractivity contribution in [2.75, 3.05) is 13.1 Å². The van der Waals surface area contributed by atoms with Gasteiger partial charge in [-0.15, -0.1) is 11.3 Å². The number of hydrogen-bond acceptors (Lipinski definition) is 7. The highest BCUT2D eigenvalue weighted by molar-refractivity contribution is 7.18. The van der Waals surface area contributed by atoms with Crippen LogP contribution in [0.1, 0.15) is 32.0 Å². The van der Waals surface area contributed by atoms with Crippen molar-refractivity contribution in [3.8, 4) is 39.4 Å². The molecule has 4 aromatic heterocycles. The van der Waals surface area contributed by atoms with Crippen LogP contribution in [-0.2, 0) is 4.79 Å². The number of hydrogen-bond donors (Lipinski definition) is 0. The van der Waals surface area contributed by atoms with E-state index in [2.05, 4.69) is 21.9 Å². The molecule has 5 aromatic rings. The number of aromatic nitrogens is 5. The Morgan fingerprint density at radius 1 is 1.17 bits per heavy atom. The molecule has 0 spiro atoms. The maximum atomic E-state index is 15.8. The van der Waals surface area contributed by atoms with Crippen molar-refractivity contribution in [2.24, 2.45) is 0 Å². The second-order valence-electron chi connectivity index (χ2n) is 10.5. The van der Waals surface area contributed by atoms with Gasteiger partial charge in [0.15, 0.2) is 0 Å². The minimum absolute atomic E-state index is 0.0366. The summed E-state index contributed by atoms with van der Waals surface area (Å²) in [5, 5.41) is 15.6. The number of halogens is 2. The molecule has 5 heterocycles. The number of aryl methyl sites for hydroxylation is 1. The van der Waals surface area contributed by atoms with E-state index in [1.54, 1.807) is 31.1 Å². The summed E-state index contributed by atoms with van der Waals surface area (Å²) in [4.78, 5) is 19.0. The lowest BCUT2D eigenvalue weighted by Gasteiger charge is -2.19. The van der Waals surface area contributed by atoms with E-state index in [9.17, 15) is 9.18 Å². The highest BCUT2D eigenvalue weighted by Gasteiger charge is 2.29. The monoisotopic (exact) mass is 586 g/mol. The average Bonchev–Trinajstić information content (AvgIpc) is 3.72. The summed E-state index contributed by atoms with van der Waals surface area (Å²) >= 11 is 1.44. The zero-order valence-electron chi connectivity index (χ0n) is 23.3. The fraction of sp³-hybridized carbons (Fsp3) is 0.258. The largest absolute Gasteiger partial charge is 0.490 e. The SMILES string of the molecule is C=CC(=O)N1CC[C@H](n2cc(-c3nc(-c4cnnc(C)c4)c4ccsc4c3-c3c(F)cc(F)cc3OC(C)C)cn2)C1. The van der Waals surface area contributed by atoms with Gasteiger partial charge in [-0.1, -0.05) is 6.58 Å². The fourth-order valence-electron chi connectivity index (χ4n) is 5.38. The molecule has 1 aliphatic heterocycles. The molecule has 6 rings (SSSR count). The van der Waals surface area contributed by atoms with Crippen molar-refractivity contribution >= 4 is 27.3 Å². The number of benzene rings is 1. The first kappa shape index (κ1) is 27.6. The predicted octanol–water partition coefficient (Wildman–Crippen LogP) is 6.62. The van der Waals surface area contributed by atoms with Crippen LogP contribution in [0.4, 0.5) is 8.78 Å². The van der Waals surface area contributed by atoms with Gasteiger partial charge in [-0.2, -0.15) is 15.3 Å². The van der Waals surface area contributed by atoms with Crippen molar-refractivity contribution in [2.45, 2.75) is 39.3 Å². The zero-order valence-corrected chi connectivity index (χ0v) is 24.2. The standard InChI is InChI=1S/C31H28F2N6O2S/c1-5-26(40)38-8-6-22(16-38)39-15-20(14-35-39)30-28(27-24(33)11-21(32)12-25(27)41-17(2)3)31-23(7-9-42-31)29(36-30)19-10-18(4)37-34-13-19/h5,7,9-15,17,22H,1,6,8,16H2,2-4H3/t22-/m0/s1. The summed E-state index contributed by atoms with van der Waals surface area (Å²) in [6.07, 6.45) is 6.92. The topological polar surface area (TPSA) is 86.0 Å². The average molecular weight is 587 g/mol. The number of nitrogens with zero attached hydrogens (tertiary/aromatic N) is 6. The van der Waals surface area contributed by atoms with Crippen LogP contribution in [0.15, 0.2) is 60.9 Å². The number of carbonyl (C=O) groups excluding carboxylic acids is 1. The van der Waals surface area contributed by atoms with Crippen LogP contribution in [0.5, 0.6) is 5.75 Å². The summed E-state index contributed by atoms with van der Waals surface area (Å²) in [7, 11) is 0. The predicted molar refractivity (Wildman–Crippen MR) is 158 cm³/mol. The number of carbonyl (C=O) groups is 1. The van der Waals surface area contributed by atoms with Crippen LogP contribution >= 0.6 is 11.3 Å². The van der Waals surface area contributed by atoms with Gasteiger partial charge in [0.2, 0.25) is 5.91 Å². The first-order valence-corrected chi connectivity index (χ1v) is 14.4. The Morgan fingerprint density at radius 2 is 2.00 bits per heavy atom. The summed E-state index contributed by atoms with van der Waals surface area (Å²) in [5.74, 6) is -1.51. The Morgan fingerprint density at radius 3 is 2.76 bits per heavy atom. The van der Waals surface area contributed by atoms with Crippen molar-refractivity contribution in [3.63, 3.8) is 0 Å². The van der Waals surface area contributed by atoms with E-state index in [0.717, 1.165) is 33.8 Å². The lowest BCUT2D eigenvalue weighted by atomic mass is 9.96. The molecule has 11 heteroatoms. The van der Waals surface area contributed by atoms with Crippen LogP contribution in [-0.4, -0.2) is 55.0 Å². The maximum Gasteiger partial charge on any atom is 0.246 e. The molecule has 1 atom stereocenters. The van der Waals surface area contributed by atoms with Crippen LogP contribution in [0.3, 0.4) is 0 Å². The minimum atomic E-state index is -0.751. The van der Waals surface area contributed by atoms with Crippen molar-refractivity contribution in [3.05, 3.63) is 78.2 Å². The van der Waals surface area contributed by atoms with Gasteiger partial charge in [0.25, 0.3) is 0 Å². The molecule has 0 radical (unpaired) electrons. The van der Waals surface area contributed by atoms with Crippen molar-refractivity contribution in [1.29, 1.82) is 0 Å². The Kier molecular flexibility index (Phi) is 7.28. The molecule has 0 aliphatic carbocycles. The molecular weight excluding hydrogens is 558 g/mol. The van der Waals surface area contributed by atoms with Crippen LogP contribution in [0.25, 0.3) is 43.7 Å². The third-order valence-electron chi connectivity index (χ3n) is 7.19. The van der Waals surface area contributed by atoms with Gasteiger partial charge in [-0.25, -0.2) is 13.8 Å².